The fourth-order valence-electron chi connectivity index (χ4n) is 2.29. The third kappa shape index (κ3) is 8.52. The van der Waals surface area contributed by atoms with E-state index >= 15 is 0 Å². The molecule has 4 unspecified atom stereocenters. The molecule has 0 aliphatic rings. The molecule has 162 valence electrons. The summed E-state index contributed by atoms with van der Waals surface area (Å²) in [5.41, 5.74) is 6.53. The standard InChI is InChI=1S/C17H28N6O5S/c1-9(21-15(25)12(18)6-11-7-19-8-20-11)14(24)23-13(4-5-29-3)16(26)22-10(2)17(27)28/h7-10,12-13H,4-6,18H2,1-3H3,(H,19,20)(H,21,25)(H,22,26)(H,23,24)(H,27,28). The molecule has 11 nitrogen and oxygen atoms in total. The molecule has 12 heteroatoms. The second-order valence-electron chi connectivity index (χ2n) is 6.53. The number of H-pyrrole nitrogens is 1. The Hall–Kier alpha value is -2.60. The maximum absolute atomic E-state index is 12.4. The van der Waals surface area contributed by atoms with Crippen LogP contribution in [-0.4, -0.2) is 74.9 Å². The number of rotatable bonds is 12. The van der Waals surface area contributed by atoms with Crippen molar-refractivity contribution in [2.45, 2.75) is 50.9 Å². The van der Waals surface area contributed by atoms with Crippen molar-refractivity contribution in [3.63, 3.8) is 0 Å². The molecule has 0 aliphatic carbocycles. The Kier molecular flexibility index (Phi) is 10.2. The molecule has 0 spiro atoms. The van der Waals surface area contributed by atoms with E-state index in [9.17, 15) is 19.2 Å². The van der Waals surface area contributed by atoms with E-state index in [2.05, 4.69) is 25.9 Å². The number of nitrogens with two attached hydrogens (primary N) is 1. The third-order valence-corrected chi connectivity index (χ3v) is 4.70. The van der Waals surface area contributed by atoms with Crippen LogP contribution < -0.4 is 21.7 Å². The highest BCUT2D eigenvalue weighted by Gasteiger charge is 2.27. The van der Waals surface area contributed by atoms with Crippen LogP contribution in [0.25, 0.3) is 0 Å². The Morgan fingerprint density at radius 1 is 1.14 bits per heavy atom. The maximum atomic E-state index is 12.4. The number of aromatic amines is 1. The molecular formula is C17H28N6O5S. The SMILES string of the molecule is CSCCC(NC(=O)C(C)NC(=O)C(N)Cc1cnc[nH]1)C(=O)NC(C)C(=O)O. The summed E-state index contributed by atoms with van der Waals surface area (Å²) in [6, 6.07) is -3.82. The lowest BCUT2D eigenvalue weighted by molar-refractivity contribution is -0.141. The number of aliphatic carboxylic acids is 1. The maximum Gasteiger partial charge on any atom is 0.325 e. The molecule has 0 bridgehead atoms. The quantitative estimate of drug-likeness (QED) is 0.235. The van der Waals surface area contributed by atoms with Crippen LogP contribution in [0.1, 0.15) is 26.0 Å². The number of carboxylic acids is 1. The minimum Gasteiger partial charge on any atom is -0.480 e. The Morgan fingerprint density at radius 2 is 1.79 bits per heavy atom. The summed E-state index contributed by atoms with van der Waals surface area (Å²) in [7, 11) is 0. The molecule has 0 radical (unpaired) electrons. The number of carbonyl (C=O) groups is 4. The molecule has 4 atom stereocenters. The number of imidazole rings is 1. The monoisotopic (exact) mass is 428 g/mol. The molecule has 1 aromatic rings. The van der Waals surface area contributed by atoms with E-state index < -0.39 is 47.9 Å². The molecule has 29 heavy (non-hydrogen) atoms. The lowest BCUT2D eigenvalue weighted by Crippen LogP contribution is -2.56. The largest absolute Gasteiger partial charge is 0.480 e. The molecule has 1 aromatic heterocycles. The van der Waals surface area contributed by atoms with Gasteiger partial charge in [0.15, 0.2) is 0 Å². The topological polar surface area (TPSA) is 179 Å². The molecule has 0 aromatic carbocycles. The number of carboxylic acid groups (broad SMARTS) is 1. The molecule has 1 rings (SSSR count). The smallest absolute Gasteiger partial charge is 0.325 e. The first-order valence-electron chi connectivity index (χ1n) is 9.01. The summed E-state index contributed by atoms with van der Waals surface area (Å²) in [5.74, 6) is -2.30. The zero-order valence-electron chi connectivity index (χ0n) is 16.6. The molecule has 1 heterocycles. The summed E-state index contributed by atoms with van der Waals surface area (Å²) < 4.78 is 0. The highest BCUT2D eigenvalue weighted by atomic mass is 32.2. The number of aromatic nitrogens is 2. The van der Waals surface area contributed by atoms with Crippen LogP contribution in [0.4, 0.5) is 0 Å². The van der Waals surface area contributed by atoms with Crippen LogP contribution >= 0.6 is 11.8 Å². The number of carbonyl (C=O) groups excluding carboxylic acids is 3. The van der Waals surface area contributed by atoms with E-state index in [1.165, 1.54) is 31.9 Å². The van der Waals surface area contributed by atoms with Gasteiger partial charge in [0.05, 0.1) is 12.4 Å². The van der Waals surface area contributed by atoms with Gasteiger partial charge in [-0.3, -0.25) is 19.2 Å². The summed E-state index contributed by atoms with van der Waals surface area (Å²) in [4.78, 5) is 54.6. The number of hydrogen-bond donors (Lipinski definition) is 6. The molecule has 0 aliphatic heterocycles. The van der Waals surface area contributed by atoms with Gasteiger partial charge >= 0.3 is 5.97 Å². The second-order valence-corrected chi connectivity index (χ2v) is 7.51. The normalized spacial score (nSPS) is 14.9. The van der Waals surface area contributed by atoms with Crippen molar-refractivity contribution in [3.05, 3.63) is 18.2 Å². The predicted molar refractivity (Wildman–Crippen MR) is 108 cm³/mol. The van der Waals surface area contributed by atoms with Crippen LogP contribution in [-0.2, 0) is 25.6 Å². The van der Waals surface area contributed by atoms with Crippen molar-refractivity contribution >= 4 is 35.5 Å². The van der Waals surface area contributed by atoms with Crippen molar-refractivity contribution in [3.8, 4) is 0 Å². The van der Waals surface area contributed by atoms with Gasteiger partial charge in [-0.15, -0.1) is 0 Å². The Balaban J connectivity index is 2.63. The molecule has 7 N–H and O–H groups in total. The first-order chi connectivity index (χ1) is 13.6. The minimum absolute atomic E-state index is 0.228. The van der Waals surface area contributed by atoms with Gasteiger partial charge in [0.25, 0.3) is 0 Å². The Labute approximate surface area is 173 Å². The highest BCUT2D eigenvalue weighted by Crippen LogP contribution is 2.03. The van der Waals surface area contributed by atoms with Gasteiger partial charge in [-0.2, -0.15) is 11.8 Å². The molecule has 0 saturated heterocycles. The summed E-state index contributed by atoms with van der Waals surface area (Å²) in [5, 5.41) is 16.3. The van der Waals surface area contributed by atoms with Crippen molar-refractivity contribution in [2.75, 3.05) is 12.0 Å². The van der Waals surface area contributed by atoms with Gasteiger partial charge in [0, 0.05) is 18.3 Å². The number of amides is 3. The van der Waals surface area contributed by atoms with Crippen molar-refractivity contribution in [1.82, 2.24) is 25.9 Å². The van der Waals surface area contributed by atoms with Crippen LogP contribution in [0.2, 0.25) is 0 Å². The third-order valence-electron chi connectivity index (χ3n) is 4.06. The highest BCUT2D eigenvalue weighted by molar-refractivity contribution is 7.98. The lowest BCUT2D eigenvalue weighted by Gasteiger charge is -2.22. The van der Waals surface area contributed by atoms with E-state index in [1.54, 1.807) is 6.20 Å². The zero-order valence-corrected chi connectivity index (χ0v) is 17.4. The number of nitrogens with zero attached hydrogens (tertiary/aromatic N) is 1. The average Bonchev–Trinajstić information content (AvgIpc) is 3.17. The van der Waals surface area contributed by atoms with Crippen molar-refractivity contribution < 1.29 is 24.3 Å². The summed E-state index contributed by atoms with van der Waals surface area (Å²) >= 11 is 1.48. The zero-order chi connectivity index (χ0) is 22.0. The first kappa shape index (κ1) is 24.4. The lowest BCUT2D eigenvalue weighted by atomic mass is 10.1. The number of thioether (sulfide) groups is 1. The Bertz CT molecular complexity index is 698. The van der Waals surface area contributed by atoms with E-state index in [4.69, 9.17) is 10.8 Å². The second kappa shape index (κ2) is 12.1. The summed E-state index contributed by atoms with van der Waals surface area (Å²) in [6.45, 7) is 2.80. The van der Waals surface area contributed by atoms with Gasteiger partial charge < -0.3 is 31.8 Å². The van der Waals surface area contributed by atoms with Crippen LogP contribution in [0, 0.1) is 0 Å². The summed E-state index contributed by atoms with van der Waals surface area (Å²) in [6.07, 6.45) is 5.41. The van der Waals surface area contributed by atoms with Crippen LogP contribution in [0.15, 0.2) is 12.5 Å². The fourth-order valence-corrected chi connectivity index (χ4v) is 2.76. The Morgan fingerprint density at radius 3 is 2.34 bits per heavy atom. The average molecular weight is 429 g/mol. The van der Waals surface area contributed by atoms with Gasteiger partial charge in [-0.1, -0.05) is 0 Å². The first-order valence-corrected chi connectivity index (χ1v) is 10.4. The van der Waals surface area contributed by atoms with Crippen molar-refractivity contribution in [1.29, 1.82) is 0 Å². The molecule has 0 fully saturated rings. The molecule has 3 amide bonds. The van der Waals surface area contributed by atoms with E-state index in [1.807, 2.05) is 6.26 Å². The minimum atomic E-state index is -1.18. The van der Waals surface area contributed by atoms with E-state index in [0.717, 1.165) is 0 Å². The number of nitrogens with one attached hydrogen (secondary N) is 4. The van der Waals surface area contributed by atoms with E-state index in [-0.39, 0.29) is 6.42 Å². The van der Waals surface area contributed by atoms with Crippen molar-refractivity contribution in [2.24, 2.45) is 5.73 Å². The van der Waals surface area contributed by atoms with Gasteiger partial charge in [0.2, 0.25) is 17.7 Å². The van der Waals surface area contributed by atoms with Gasteiger partial charge in [0.1, 0.15) is 18.1 Å². The number of hydrogen-bond acceptors (Lipinski definition) is 7. The molecule has 0 saturated carbocycles. The van der Waals surface area contributed by atoms with Gasteiger partial charge in [-0.25, -0.2) is 4.98 Å². The van der Waals surface area contributed by atoms with E-state index in [0.29, 0.717) is 17.9 Å². The predicted octanol–water partition coefficient (Wildman–Crippen LogP) is -1.39. The van der Waals surface area contributed by atoms with Crippen LogP contribution in [0.5, 0.6) is 0 Å². The molecular weight excluding hydrogens is 400 g/mol. The fraction of sp³-hybridized carbons (Fsp3) is 0.588. The van der Waals surface area contributed by atoms with Crippen LogP contribution in [0.3, 0.4) is 0 Å². The van der Waals surface area contributed by atoms with Gasteiger partial charge in [-0.05, 0) is 32.3 Å².